The molecule has 0 spiro atoms. The molecule has 23 heavy (non-hydrogen) atoms. The van der Waals surface area contributed by atoms with Crippen molar-refractivity contribution in [2.45, 2.75) is 32.6 Å². The van der Waals surface area contributed by atoms with Gasteiger partial charge in [-0.05, 0) is 49.8 Å². The normalized spacial score (nSPS) is 22.1. The second kappa shape index (κ2) is 6.20. The van der Waals surface area contributed by atoms with E-state index in [1.165, 1.54) is 36.8 Å². The lowest BCUT2D eigenvalue weighted by atomic mass is 9.99. The van der Waals surface area contributed by atoms with Crippen molar-refractivity contribution in [1.29, 1.82) is 0 Å². The molecule has 2 aliphatic heterocycles. The van der Waals surface area contributed by atoms with Gasteiger partial charge in [-0.2, -0.15) is 0 Å². The van der Waals surface area contributed by atoms with Crippen LogP contribution >= 0.6 is 11.6 Å². The maximum atomic E-state index is 6.27. The van der Waals surface area contributed by atoms with Crippen LogP contribution in [0, 0.1) is 5.92 Å². The first-order valence-corrected chi connectivity index (χ1v) is 9.19. The predicted molar refractivity (Wildman–Crippen MR) is 98.8 cm³/mol. The highest BCUT2D eigenvalue weighted by atomic mass is 35.5. The SMILES string of the molecule is C[C@H]1CCCN(c2cc(N3CCCC3)nc3ccc(Cl)cc23)C1. The number of nitrogens with zero attached hydrogens (tertiary/aromatic N) is 3. The quantitative estimate of drug-likeness (QED) is 0.794. The molecular weight excluding hydrogens is 306 g/mol. The second-order valence-electron chi connectivity index (χ2n) is 7.05. The van der Waals surface area contributed by atoms with E-state index < -0.39 is 0 Å². The number of aromatic nitrogens is 1. The van der Waals surface area contributed by atoms with Crippen LogP contribution in [0.1, 0.15) is 32.6 Å². The average Bonchev–Trinajstić information content (AvgIpc) is 3.08. The zero-order chi connectivity index (χ0) is 15.8. The number of anilines is 2. The van der Waals surface area contributed by atoms with Crippen molar-refractivity contribution in [3.05, 3.63) is 29.3 Å². The second-order valence-corrected chi connectivity index (χ2v) is 7.49. The Morgan fingerprint density at radius 2 is 1.83 bits per heavy atom. The molecule has 0 N–H and O–H groups in total. The fraction of sp³-hybridized carbons (Fsp3) is 0.526. The summed E-state index contributed by atoms with van der Waals surface area (Å²) < 4.78 is 0. The standard InChI is InChI=1S/C19H24ClN3/c1-14-5-4-10-23(13-14)18-12-19(22-8-2-3-9-22)21-17-7-6-15(20)11-16(17)18/h6-7,11-12,14H,2-5,8-10,13H2,1H3/t14-/m0/s1. The molecule has 1 aromatic heterocycles. The lowest BCUT2D eigenvalue weighted by molar-refractivity contribution is 0.447. The zero-order valence-electron chi connectivity index (χ0n) is 13.8. The summed E-state index contributed by atoms with van der Waals surface area (Å²) in [7, 11) is 0. The van der Waals surface area contributed by atoms with Crippen molar-refractivity contribution in [2.75, 3.05) is 36.0 Å². The molecule has 1 aromatic carbocycles. The molecule has 4 rings (SSSR count). The smallest absolute Gasteiger partial charge is 0.131 e. The Labute approximate surface area is 143 Å². The number of benzene rings is 1. The molecule has 0 saturated carbocycles. The largest absolute Gasteiger partial charge is 0.371 e. The first-order valence-electron chi connectivity index (χ1n) is 8.81. The summed E-state index contributed by atoms with van der Waals surface area (Å²) in [6, 6.07) is 8.38. The van der Waals surface area contributed by atoms with Crippen LogP contribution in [0.5, 0.6) is 0 Å². The van der Waals surface area contributed by atoms with E-state index in [9.17, 15) is 0 Å². The fourth-order valence-electron chi connectivity index (χ4n) is 3.94. The van der Waals surface area contributed by atoms with E-state index in [4.69, 9.17) is 16.6 Å². The number of hydrogen-bond acceptors (Lipinski definition) is 3. The minimum absolute atomic E-state index is 0.751. The lowest BCUT2D eigenvalue weighted by Gasteiger charge is -2.34. The minimum Gasteiger partial charge on any atom is -0.371 e. The van der Waals surface area contributed by atoms with Gasteiger partial charge in [0.15, 0.2) is 0 Å². The van der Waals surface area contributed by atoms with Crippen LogP contribution in [-0.4, -0.2) is 31.2 Å². The third-order valence-electron chi connectivity index (χ3n) is 5.16. The Kier molecular flexibility index (Phi) is 4.06. The van der Waals surface area contributed by atoms with Crippen LogP contribution in [0.25, 0.3) is 10.9 Å². The van der Waals surface area contributed by atoms with Crippen molar-refractivity contribution >= 4 is 34.0 Å². The molecular formula is C19H24ClN3. The summed E-state index contributed by atoms with van der Waals surface area (Å²) in [5.41, 5.74) is 2.37. The van der Waals surface area contributed by atoms with Gasteiger partial charge in [-0.15, -0.1) is 0 Å². The van der Waals surface area contributed by atoms with Crippen LogP contribution in [0.2, 0.25) is 5.02 Å². The van der Waals surface area contributed by atoms with E-state index in [1.54, 1.807) is 0 Å². The van der Waals surface area contributed by atoms with Gasteiger partial charge in [0.2, 0.25) is 0 Å². The minimum atomic E-state index is 0.751. The molecule has 0 amide bonds. The van der Waals surface area contributed by atoms with Crippen molar-refractivity contribution < 1.29 is 0 Å². The van der Waals surface area contributed by atoms with Gasteiger partial charge in [-0.1, -0.05) is 18.5 Å². The van der Waals surface area contributed by atoms with Crippen molar-refractivity contribution in [1.82, 2.24) is 4.98 Å². The third kappa shape index (κ3) is 2.99. The number of halogens is 1. The van der Waals surface area contributed by atoms with E-state index in [0.29, 0.717) is 0 Å². The maximum Gasteiger partial charge on any atom is 0.131 e. The van der Waals surface area contributed by atoms with E-state index in [1.807, 2.05) is 6.07 Å². The van der Waals surface area contributed by atoms with Gasteiger partial charge in [0.25, 0.3) is 0 Å². The van der Waals surface area contributed by atoms with Crippen LogP contribution in [0.3, 0.4) is 0 Å². The molecule has 2 aliphatic rings. The molecule has 2 fully saturated rings. The van der Waals surface area contributed by atoms with Crippen LogP contribution in [0.15, 0.2) is 24.3 Å². The topological polar surface area (TPSA) is 19.4 Å². The van der Waals surface area contributed by atoms with E-state index in [-0.39, 0.29) is 0 Å². The summed E-state index contributed by atoms with van der Waals surface area (Å²) in [5.74, 6) is 1.88. The predicted octanol–water partition coefficient (Wildman–Crippen LogP) is 4.72. The number of pyridine rings is 1. The molecule has 3 nitrogen and oxygen atoms in total. The maximum absolute atomic E-state index is 6.27. The Morgan fingerprint density at radius 3 is 2.61 bits per heavy atom. The first kappa shape index (κ1) is 15.1. The summed E-state index contributed by atoms with van der Waals surface area (Å²) in [6.07, 6.45) is 5.15. The number of hydrogen-bond donors (Lipinski definition) is 0. The highest BCUT2D eigenvalue weighted by Gasteiger charge is 2.22. The van der Waals surface area contributed by atoms with E-state index in [0.717, 1.165) is 48.5 Å². The fourth-order valence-corrected chi connectivity index (χ4v) is 4.12. The van der Waals surface area contributed by atoms with Crippen molar-refractivity contribution in [3.8, 4) is 0 Å². The summed E-state index contributed by atoms with van der Waals surface area (Å²) >= 11 is 6.27. The monoisotopic (exact) mass is 329 g/mol. The van der Waals surface area contributed by atoms with Gasteiger partial charge in [-0.3, -0.25) is 0 Å². The van der Waals surface area contributed by atoms with E-state index in [2.05, 4.69) is 34.9 Å². The third-order valence-corrected chi connectivity index (χ3v) is 5.40. The Hall–Kier alpha value is -1.48. The molecule has 3 heterocycles. The summed E-state index contributed by atoms with van der Waals surface area (Å²) in [5, 5.41) is 1.98. The molecule has 1 atom stereocenters. The zero-order valence-corrected chi connectivity index (χ0v) is 14.5. The average molecular weight is 330 g/mol. The lowest BCUT2D eigenvalue weighted by Crippen LogP contribution is -2.34. The number of rotatable bonds is 2. The number of fused-ring (bicyclic) bond motifs is 1. The molecule has 122 valence electrons. The molecule has 0 radical (unpaired) electrons. The summed E-state index contributed by atoms with van der Waals surface area (Å²) in [6.45, 7) is 6.87. The van der Waals surface area contributed by atoms with Crippen LogP contribution < -0.4 is 9.80 Å². The Morgan fingerprint density at radius 1 is 1.04 bits per heavy atom. The highest BCUT2D eigenvalue weighted by molar-refractivity contribution is 6.31. The molecule has 2 aromatic rings. The number of piperidine rings is 1. The van der Waals surface area contributed by atoms with Gasteiger partial charge in [0.05, 0.1) is 5.52 Å². The molecule has 0 aliphatic carbocycles. The van der Waals surface area contributed by atoms with E-state index >= 15 is 0 Å². The molecule has 2 saturated heterocycles. The van der Waals surface area contributed by atoms with Crippen LogP contribution in [-0.2, 0) is 0 Å². The van der Waals surface area contributed by atoms with Gasteiger partial charge in [0.1, 0.15) is 5.82 Å². The van der Waals surface area contributed by atoms with Crippen LogP contribution in [0.4, 0.5) is 11.5 Å². The molecule has 4 heteroatoms. The Balaban J connectivity index is 1.82. The summed E-state index contributed by atoms with van der Waals surface area (Å²) in [4.78, 5) is 9.87. The van der Waals surface area contributed by atoms with Gasteiger partial charge in [0, 0.05) is 48.3 Å². The van der Waals surface area contributed by atoms with Crippen molar-refractivity contribution in [2.24, 2.45) is 5.92 Å². The molecule has 0 unspecified atom stereocenters. The highest BCUT2D eigenvalue weighted by Crippen LogP contribution is 2.35. The molecule has 0 bridgehead atoms. The van der Waals surface area contributed by atoms with Crippen molar-refractivity contribution in [3.63, 3.8) is 0 Å². The first-order chi connectivity index (χ1) is 11.2. The Bertz CT molecular complexity index is 709. The van der Waals surface area contributed by atoms with Gasteiger partial charge >= 0.3 is 0 Å². The van der Waals surface area contributed by atoms with Gasteiger partial charge < -0.3 is 9.80 Å². The van der Waals surface area contributed by atoms with Gasteiger partial charge in [-0.25, -0.2) is 4.98 Å².